The van der Waals surface area contributed by atoms with Gasteiger partial charge in [0.2, 0.25) is 0 Å². The number of ether oxygens (including phenoxy) is 11. The maximum absolute atomic E-state index is 12.1. The fourth-order valence-corrected chi connectivity index (χ4v) is 5.34. The molecule has 0 aliphatic carbocycles. The van der Waals surface area contributed by atoms with E-state index in [1.165, 1.54) is 6.92 Å². The van der Waals surface area contributed by atoms with Crippen molar-refractivity contribution >= 4 is 23.9 Å². The highest BCUT2D eigenvalue weighted by Crippen LogP contribution is 2.44. The predicted octanol–water partition coefficient (Wildman–Crippen LogP) is 0.483. The van der Waals surface area contributed by atoms with E-state index in [9.17, 15) is 19.2 Å². The third-order valence-corrected chi connectivity index (χ3v) is 6.62. The summed E-state index contributed by atoms with van der Waals surface area (Å²) in [6.07, 6.45) is -9.82. The molecular weight excluding hydrogens is 552 g/mol. The van der Waals surface area contributed by atoms with Crippen LogP contribution < -0.4 is 0 Å². The zero-order valence-electron chi connectivity index (χ0n) is 24.3. The van der Waals surface area contributed by atoms with Gasteiger partial charge in [0, 0.05) is 27.7 Å². The Hall–Kier alpha value is -2.40. The summed E-state index contributed by atoms with van der Waals surface area (Å²) < 4.78 is 63.8. The third kappa shape index (κ3) is 7.52. The van der Waals surface area contributed by atoms with Gasteiger partial charge in [-0.25, -0.2) is 0 Å². The van der Waals surface area contributed by atoms with Gasteiger partial charge in [0.05, 0.1) is 6.61 Å². The first-order valence-corrected chi connectivity index (χ1v) is 13.3. The molecule has 4 heterocycles. The molecule has 4 rings (SSSR count). The molecule has 0 saturated carbocycles. The number of carbonyl (C=O) groups excluding carboxylic acids is 4. The van der Waals surface area contributed by atoms with Crippen LogP contribution in [0.25, 0.3) is 0 Å². The van der Waals surface area contributed by atoms with Crippen LogP contribution in [0.1, 0.15) is 55.4 Å². The Morgan fingerprint density at radius 3 is 1.73 bits per heavy atom. The van der Waals surface area contributed by atoms with Crippen molar-refractivity contribution in [2.45, 2.75) is 128 Å². The minimum absolute atomic E-state index is 0.179. The van der Waals surface area contributed by atoms with Gasteiger partial charge in [0.1, 0.15) is 37.1 Å². The fourth-order valence-electron chi connectivity index (χ4n) is 5.34. The van der Waals surface area contributed by atoms with Crippen LogP contribution in [0.4, 0.5) is 0 Å². The molecule has 0 N–H and O–H groups in total. The van der Waals surface area contributed by atoms with Crippen molar-refractivity contribution in [1.29, 1.82) is 0 Å². The highest BCUT2D eigenvalue weighted by molar-refractivity contribution is 5.68. The number of hydrogen-bond acceptors (Lipinski definition) is 15. The predicted molar refractivity (Wildman–Crippen MR) is 130 cm³/mol. The van der Waals surface area contributed by atoms with Gasteiger partial charge < -0.3 is 52.1 Å². The summed E-state index contributed by atoms with van der Waals surface area (Å²) in [5.74, 6) is -4.72. The quantitative estimate of drug-likeness (QED) is 0.282. The van der Waals surface area contributed by atoms with Crippen molar-refractivity contribution in [1.82, 2.24) is 0 Å². The molecule has 15 heteroatoms. The van der Waals surface area contributed by atoms with E-state index in [-0.39, 0.29) is 13.2 Å². The van der Waals surface area contributed by atoms with Crippen LogP contribution in [0, 0.1) is 0 Å². The van der Waals surface area contributed by atoms with Gasteiger partial charge in [-0.2, -0.15) is 0 Å². The van der Waals surface area contributed by atoms with Crippen LogP contribution in [0.2, 0.25) is 0 Å². The van der Waals surface area contributed by atoms with E-state index in [0.29, 0.717) is 0 Å². The summed E-state index contributed by atoms with van der Waals surface area (Å²) >= 11 is 0. The highest BCUT2D eigenvalue weighted by Gasteiger charge is 2.61. The molecule has 0 aromatic heterocycles. The molecular formula is C26H38O15. The second kappa shape index (κ2) is 12.1. The molecule has 0 amide bonds. The van der Waals surface area contributed by atoms with Crippen molar-refractivity contribution in [3.8, 4) is 0 Å². The third-order valence-electron chi connectivity index (χ3n) is 6.62. The van der Waals surface area contributed by atoms with Crippen molar-refractivity contribution < 1.29 is 71.3 Å². The Morgan fingerprint density at radius 1 is 0.585 bits per heavy atom. The average Bonchev–Trinajstić information content (AvgIpc) is 3.32. The topological polar surface area (TPSA) is 170 Å². The molecule has 0 radical (unpaired) electrons. The molecule has 10 atom stereocenters. The molecule has 6 unspecified atom stereocenters. The molecule has 0 bridgehead atoms. The van der Waals surface area contributed by atoms with Crippen LogP contribution in [0.5, 0.6) is 0 Å². The summed E-state index contributed by atoms with van der Waals surface area (Å²) in [6, 6.07) is 0. The maximum atomic E-state index is 12.1. The van der Waals surface area contributed by atoms with Gasteiger partial charge in [0.15, 0.2) is 42.5 Å². The van der Waals surface area contributed by atoms with Gasteiger partial charge in [-0.15, -0.1) is 0 Å². The monoisotopic (exact) mass is 590 g/mol. The molecule has 4 fully saturated rings. The second-order valence-corrected chi connectivity index (χ2v) is 11.1. The van der Waals surface area contributed by atoms with Gasteiger partial charge in [-0.1, -0.05) is 0 Å². The summed E-state index contributed by atoms with van der Waals surface area (Å²) in [5.41, 5.74) is 0. The van der Waals surface area contributed by atoms with E-state index in [2.05, 4.69) is 0 Å². The van der Waals surface area contributed by atoms with Crippen LogP contribution >= 0.6 is 0 Å². The standard InChI is InChI=1S/C26H38O15/c1-11(27)31-9-15-17(33-12(2)28)19(34-13(3)29)21(35-14(4)30)23(36-15)32-10-16-18-20(39-25(5,6)38-18)22-24(37-16)41-26(7,8)40-22/h15-24H,9-10H2,1-8H3/t15?,16?,17-,18+,19?,20?,21?,22?,23-,24-/m1/s1. The van der Waals surface area contributed by atoms with Gasteiger partial charge in [-0.3, -0.25) is 19.2 Å². The minimum atomic E-state index is -1.37. The van der Waals surface area contributed by atoms with Crippen LogP contribution in [0.15, 0.2) is 0 Å². The molecule has 4 saturated heterocycles. The van der Waals surface area contributed by atoms with Crippen molar-refractivity contribution in [3.63, 3.8) is 0 Å². The van der Waals surface area contributed by atoms with E-state index in [0.717, 1.165) is 20.8 Å². The zero-order chi connectivity index (χ0) is 30.3. The second-order valence-electron chi connectivity index (χ2n) is 11.1. The van der Waals surface area contributed by atoms with Gasteiger partial charge in [-0.05, 0) is 27.7 Å². The molecule has 41 heavy (non-hydrogen) atoms. The summed E-state index contributed by atoms with van der Waals surface area (Å²) in [4.78, 5) is 47.6. The number of esters is 4. The molecule has 232 valence electrons. The number of rotatable bonds is 8. The van der Waals surface area contributed by atoms with Crippen LogP contribution in [-0.2, 0) is 71.3 Å². The lowest BCUT2D eigenvalue weighted by atomic mass is 9.97. The lowest BCUT2D eigenvalue weighted by Crippen LogP contribution is -2.63. The van der Waals surface area contributed by atoms with E-state index in [1.54, 1.807) is 27.7 Å². The molecule has 0 aromatic carbocycles. The van der Waals surface area contributed by atoms with Crippen molar-refractivity contribution in [2.75, 3.05) is 13.2 Å². The highest BCUT2D eigenvalue weighted by atomic mass is 16.9. The van der Waals surface area contributed by atoms with Crippen molar-refractivity contribution in [2.24, 2.45) is 0 Å². The normalized spacial score (nSPS) is 38.7. The first-order valence-electron chi connectivity index (χ1n) is 13.3. The summed E-state index contributed by atoms with van der Waals surface area (Å²) in [5, 5.41) is 0. The van der Waals surface area contributed by atoms with Crippen molar-refractivity contribution in [3.05, 3.63) is 0 Å². The van der Waals surface area contributed by atoms with E-state index >= 15 is 0 Å². The van der Waals surface area contributed by atoms with Crippen LogP contribution in [-0.4, -0.2) is 110 Å². The Morgan fingerprint density at radius 2 is 1.12 bits per heavy atom. The lowest BCUT2D eigenvalue weighted by molar-refractivity contribution is -0.320. The van der Waals surface area contributed by atoms with Gasteiger partial charge in [0.25, 0.3) is 0 Å². The average molecular weight is 591 g/mol. The largest absolute Gasteiger partial charge is 0.463 e. The Labute approximate surface area is 237 Å². The molecule has 4 aliphatic heterocycles. The fraction of sp³-hybridized carbons (Fsp3) is 0.846. The van der Waals surface area contributed by atoms with E-state index in [4.69, 9.17) is 52.1 Å². The maximum Gasteiger partial charge on any atom is 0.303 e. The Bertz CT molecular complexity index is 1010. The number of fused-ring (bicyclic) bond motifs is 3. The molecule has 4 aliphatic rings. The van der Waals surface area contributed by atoms with E-state index < -0.39 is 96.9 Å². The van der Waals surface area contributed by atoms with E-state index in [1.807, 2.05) is 0 Å². The summed E-state index contributed by atoms with van der Waals surface area (Å²) in [6.45, 7) is 11.1. The summed E-state index contributed by atoms with van der Waals surface area (Å²) in [7, 11) is 0. The smallest absolute Gasteiger partial charge is 0.303 e. The minimum Gasteiger partial charge on any atom is -0.463 e. The number of hydrogen-bond donors (Lipinski definition) is 0. The number of carbonyl (C=O) groups is 4. The lowest BCUT2D eigenvalue weighted by Gasteiger charge is -2.44. The van der Waals surface area contributed by atoms with Gasteiger partial charge >= 0.3 is 23.9 Å². The SMILES string of the molecule is CC(=O)OCC1O[C@@H](OCC2O[C@@H]3OC(C)(C)OC3C3OC(C)(C)O[C@@H]23)C(OC(C)=O)C(OC(C)=O)[C@@H]1OC(C)=O. The first-order chi connectivity index (χ1) is 19.0. The molecule has 15 nitrogen and oxygen atoms in total. The molecule has 0 aromatic rings. The van der Waals surface area contributed by atoms with Crippen LogP contribution in [0.3, 0.4) is 0 Å². The molecule has 0 spiro atoms. The first kappa shape index (κ1) is 31.5. The zero-order valence-corrected chi connectivity index (χ0v) is 24.3. The Kier molecular flexibility index (Phi) is 9.28. The Balaban J connectivity index is 1.59.